The van der Waals surface area contributed by atoms with E-state index in [1.54, 1.807) is 0 Å². The van der Waals surface area contributed by atoms with Crippen LogP contribution in [0.4, 0.5) is 11.4 Å². The third-order valence-corrected chi connectivity index (χ3v) is 13.0. The topological polar surface area (TPSA) is 151 Å². The molecule has 3 aromatic carbocycles. The molecule has 6 rings (SSSR count). The van der Waals surface area contributed by atoms with Crippen LogP contribution in [0.3, 0.4) is 0 Å². The molecule has 0 saturated carbocycles. The zero-order valence-electron chi connectivity index (χ0n) is 33.3. The Balaban J connectivity index is 1.45. The second-order valence-electron chi connectivity index (χ2n) is 15.7. The molecule has 0 radical (unpaired) electrons. The summed E-state index contributed by atoms with van der Waals surface area (Å²) < 4.78 is 79.8. The smallest absolute Gasteiger partial charge is 0.293 e. The van der Waals surface area contributed by atoms with Crippen molar-refractivity contribution in [3.05, 3.63) is 137 Å². The van der Waals surface area contributed by atoms with Crippen LogP contribution >= 0.6 is 0 Å². The van der Waals surface area contributed by atoms with Gasteiger partial charge in [0.05, 0.1) is 23.5 Å². The first-order valence-corrected chi connectivity index (χ1v) is 23.0. The van der Waals surface area contributed by atoms with Crippen LogP contribution in [0.2, 0.25) is 0 Å². The van der Waals surface area contributed by atoms with Crippen molar-refractivity contribution in [1.82, 2.24) is 0 Å². The van der Waals surface area contributed by atoms with Gasteiger partial charge in [-0.3, -0.25) is 13.9 Å². The maximum Gasteiger partial charge on any atom is 0.293 e. The van der Waals surface area contributed by atoms with Crippen LogP contribution in [0.25, 0.3) is 0 Å². The van der Waals surface area contributed by atoms with Crippen LogP contribution < -0.4 is 9.64 Å². The molecule has 0 amide bonds. The van der Waals surface area contributed by atoms with E-state index in [4.69, 9.17) is 9.47 Å². The lowest BCUT2D eigenvalue weighted by atomic mass is 9.77. The van der Waals surface area contributed by atoms with E-state index >= 15 is 0 Å². The highest BCUT2D eigenvalue weighted by molar-refractivity contribution is 7.86. The molecule has 2 heterocycles. The molecule has 2 aliphatic heterocycles. The van der Waals surface area contributed by atoms with Crippen molar-refractivity contribution in [3.63, 3.8) is 0 Å². The van der Waals surface area contributed by atoms with Gasteiger partial charge in [0, 0.05) is 47.5 Å². The molecule has 3 aromatic rings. The van der Waals surface area contributed by atoms with Crippen molar-refractivity contribution < 1.29 is 44.8 Å². The first-order chi connectivity index (χ1) is 27.6. The van der Waals surface area contributed by atoms with Crippen molar-refractivity contribution in [2.24, 2.45) is 0 Å². The fourth-order valence-electron chi connectivity index (χ4n) is 8.59. The molecule has 2 N–H and O–H groups in total. The van der Waals surface area contributed by atoms with E-state index in [9.17, 15) is 30.7 Å². The second-order valence-corrected chi connectivity index (χ2v) is 18.9. The van der Waals surface area contributed by atoms with Gasteiger partial charge in [0.15, 0.2) is 5.71 Å². The van der Waals surface area contributed by atoms with Gasteiger partial charge >= 0.3 is 0 Å². The summed E-state index contributed by atoms with van der Waals surface area (Å²) in [6, 6.07) is 25.8. The van der Waals surface area contributed by atoms with E-state index in [1.807, 2.05) is 66.7 Å². The van der Waals surface area contributed by atoms with E-state index in [0.29, 0.717) is 38.2 Å². The van der Waals surface area contributed by atoms with E-state index < -0.39 is 25.7 Å². The lowest BCUT2D eigenvalue weighted by Gasteiger charge is -2.30. The maximum atomic E-state index is 11.8. The van der Waals surface area contributed by atoms with Crippen molar-refractivity contribution in [2.45, 2.75) is 76.5 Å². The van der Waals surface area contributed by atoms with Gasteiger partial charge in [-0.2, -0.15) is 21.4 Å². The van der Waals surface area contributed by atoms with E-state index in [0.717, 1.165) is 70.1 Å². The molecule has 308 valence electrons. The quantitative estimate of drug-likeness (QED) is 0.0556. The van der Waals surface area contributed by atoms with Gasteiger partial charge in [0.1, 0.15) is 18.1 Å². The Hall–Kier alpha value is -4.82. The number of allylic oxidation sites excluding steroid dienone is 7. The Kier molecular flexibility index (Phi) is 13.3. The number of benzene rings is 3. The molecule has 58 heavy (non-hydrogen) atoms. The van der Waals surface area contributed by atoms with Crippen LogP contribution in [0.5, 0.6) is 5.75 Å². The maximum absolute atomic E-state index is 11.8. The predicted molar refractivity (Wildman–Crippen MR) is 227 cm³/mol. The summed E-state index contributed by atoms with van der Waals surface area (Å²) in [5.41, 5.74) is 7.26. The number of hydrogen-bond acceptors (Lipinski definition) is 8. The fourth-order valence-corrected chi connectivity index (χ4v) is 9.57. The van der Waals surface area contributed by atoms with Gasteiger partial charge in [0.25, 0.3) is 26.7 Å². The largest absolute Gasteiger partial charge is 0.468 e. The molecule has 0 bridgehead atoms. The number of nitrogens with zero attached hydrogens (tertiary/aromatic N) is 2. The minimum Gasteiger partial charge on any atom is -0.468 e. The monoisotopic (exact) mass is 829 g/mol. The Labute approximate surface area is 342 Å². The Bertz CT molecular complexity index is 2380. The highest BCUT2D eigenvalue weighted by atomic mass is 32.2. The summed E-state index contributed by atoms with van der Waals surface area (Å²) in [5.74, 6) is 0.738. The summed E-state index contributed by atoms with van der Waals surface area (Å²) in [5, 5.41) is 0. The van der Waals surface area contributed by atoms with Crippen molar-refractivity contribution in [1.29, 1.82) is 0 Å². The molecule has 0 saturated heterocycles. The Morgan fingerprint density at radius 1 is 0.793 bits per heavy atom. The molecule has 0 fully saturated rings. The highest BCUT2D eigenvalue weighted by Gasteiger charge is 2.45. The van der Waals surface area contributed by atoms with Crippen LogP contribution in [0, 0.1) is 0 Å². The second kappa shape index (κ2) is 18.0. The lowest BCUT2D eigenvalue weighted by Crippen LogP contribution is -2.30. The molecule has 13 heteroatoms. The van der Waals surface area contributed by atoms with E-state index in [-0.39, 0.29) is 36.4 Å². The summed E-state index contributed by atoms with van der Waals surface area (Å²) in [6.07, 6.45) is 12.6. The van der Waals surface area contributed by atoms with Gasteiger partial charge in [-0.15, -0.1) is 0 Å². The first kappa shape index (κ1) is 42.8. The number of rotatable bonds is 18. The molecule has 1 unspecified atom stereocenters. The van der Waals surface area contributed by atoms with Gasteiger partial charge in [-0.1, -0.05) is 60.7 Å². The zero-order valence-corrected chi connectivity index (χ0v) is 35.0. The number of para-hydroxylation sites is 3. The van der Waals surface area contributed by atoms with Crippen molar-refractivity contribution in [3.8, 4) is 5.75 Å². The molecular formula is C45H53N2O9S2+. The fraction of sp³-hybridized carbons (Fsp3) is 0.378. The number of hydrogen-bond donors (Lipinski definition) is 2. The average molecular weight is 830 g/mol. The van der Waals surface area contributed by atoms with Crippen LogP contribution in [-0.2, 0) is 40.6 Å². The summed E-state index contributed by atoms with van der Waals surface area (Å²) in [4.78, 5) is 13.1. The Morgan fingerprint density at radius 3 is 2.19 bits per heavy atom. The van der Waals surface area contributed by atoms with E-state index in [2.05, 4.69) is 66.7 Å². The SMILES string of the molecule is CC1(C)C(/C=C/C2=C(Oc3ccccc3)C(=C/C=C3/N(CCCS(=O)(=O)O)c4ccccc4C3(C)CCCOC=O)/CCC2)=[N+](CCCS(=O)(=O)O)c2ccccc21. The molecule has 1 aliphatic carbocycles. The summed E-state index contributed by atoms with van der Waals surface area (Å²) >= 11 is 0. The van der Waals surface area contributed by atoms with E-state index in [1.165, 1.54) is 0 Å². The minimum atomic E-state index is -4.16. The average Bonchev–Trinajstić information content (AvgIpc) is 3.54. The Morgan fingerprint density at radius 2 is 1.47 bits per heavy atom. The lowest BCUT2D eigenvalue weighted by molar-refractivity contribution is -0.437. The molecule has 11 nitrogen and oxygen atoms in total. The molecule has 3 aliphatic rings. The standard InChI is InChI=1S/C45H52N2O9S2/c1-44(2)37-19-7-9-21-39(37)46(28-13-31-57(49,50)51)41(44)25-23-34-15-11-16-35(43(34)56-36-17-5-4-6-18-36)24-26-42-45(3,27-12-30-55-33-48)38-20-8-10-22-40(38)47(42)29-14-32-58(52,53)54/h4-10,17-26,33H,11-16,27-32H2,1-3H3,(H-,49,50,51,52,53,54)/p+1. The van der Waals surface area contributed by atoms with Crippen LogP contribution in [0.15, 0.2) is 126 Å². The van der Waals surface area contributed by atoms with Crippen molar-refractivity contribution >= 4 is 43.8 Å². The third kappa shape index (κ3) is 9.89. The number of anilines is 1. The number of ether oxygens (including phenoxy) is 2. The normalized spacial score (nSPS) is 20.6. The minimum absolute atomic E-state index is 0.217. The zero-order chi connectivity index (χ0) is 41.6. The predicted octanol–water partition coefficient (Wildman–Crippen LogP) is 8.23. The molecule has 0 aromatic heterocycles. The highest BCUT2D eigenvalue weighted by Crippen LogP contribution is 2.51. The van der Waals surface area contributed by atoms with Gasteiger partial charge in [-0.25, -0.2) is 0 Å². The summed E-state index contributed by atoms with van der Waals surface area (Å²) in [6.45, 7) is 7.97. The molecule has 1 atom stereocenters. The van der Waals surface area contributed by atoms with Crippen molar-refractivity contribution in [2.75, 3.05) is 36.1 Å². The van der Waals surface area contributed by atoms with Gasteiger partial charge in [-0.05, 0) is 106 Å². The molecule has 0 spiro atoms. The van der Waals surface area contributed by atoms with Crippen LogP contribution in [0.1, 0.15) is 76.8 Å². The first-order valence-electron chi connectivity index (χ1n) is 19.8. The third-order valence-electron chi connectivity index (χ3n) is 11.3. The number of carbonyl (C=O) groups is 1. The summed E-state index contributed by atoms with van der Waals surface area (Å²) in [7, 11) is -8.27. The van der Waals surface area contributed by atoms with Crippen LogP contribution in [-0.4, -0.2) is 73.9 Å². The molecular weight excluding hydrogens is 777 g/mol. The number of carbonyl (C=O) groups excluding carboxylic acids is 1. The van der Waals surface area contributed by atoms with Gasteiger partial charge in [0.2, 0.25) is 5.69 Å². The number of fused-ring (bicyclic) bond motifs is 2. The van der Waals surface area contributed by atoms with Gasteiger partial charge < -0.3 is 14.4 Å².